The van der Waals surface area contributed by atoms with Gasteiger partial charge in [0.1, 0.15) is 0 Å². The molecule has 3 heteroatoms. The average molecular weight is 266 g/mol. The molecule has 1 heterocycles. The first-order valence-corrected chi connectivity index (χ1v) is 8.12. The van der Waals surface area contributed by atoms with E-state index in [0.29, 0.717) is 17.9 Å². The lowest BCUT2D eigenvalue weighted by Gasteiger charge is -2.39. The third-order valence-corrected chi connectivity index (χ3v) is 4.82. The van der Waals surface area contributed by atoms with Crippen molar-refractivity contribution >= 4 is 5.91 Å². The molecule has 110 valence electrons. The molecule has 0 aromatic rings. The van der Waals surface area contributed by atoms with Crippen LogP contribution in [0.25, 0.3) is 0 Å². The summed E-state index contributed by atoms with van der Waals surface area (Å²) < 4.78 is 0. The minimum atomic E-state index is 0.0547. The number of nitrogens with zero attached hydrogens (tertiary/aromatic N) is 1. The second kappa shape index (κ2) is 6.25. The zero-order chi connectivity index (χ0) is 14.0. The summed E-state index contributed by atoms with van der Waals surface area (Å²) in [6.45, 7) is 8.85. The van der Waals surface area contributed by atoms with Gasteiger partial charge in [0.05, 0.1) is 12.2 Å². The van der Waals surface area contributed by atoms with Crippen LogP contribution in [-0.2, 0) is 4.79 Å². The molecule has 0 aromatic heterocycles. The van der Waals surface area contributed by atoms with Crippen LogP contribution in [0.15, 0.2) is 0 Å². The van der Waals surface area contributed by atoms with Crippen LogP contribution in [0.4, 0.5) is 0 Å². The number of carbonyl (C=O) groups is 1. The van der Waals surface area contributed by atoms with E-state index < -0.39 is 0 Å². The highest BCUT2D eigenvalue weighted by atomic mass is 16.2. The van der Waals surface area contributed by atoms with Crippen molar-refractivity contribution in [3.8, 4) is 0 Å². The van der Waals surface area contributed by atoms with E-state index in [0.717, 1.165) is 25.2 Å². The lowest BCUT2D eigenvalue weighted by atomic mass is 9.79. The number of hydrogen-bond donors (Lipinski definition) is 1. The van der Waals surface area contributed by atoms with Crippen molar-refractivity contribution in [1.29, 1.82) is 0 Å². The summed E-state index contributed by atoms with van der Waals surface area (Å²) in [7, 11) is 0. The lowest BCUT2D eigenvalue weighted by Crippen LogP contribution is -2.48. The number of nitrogens with one attached hydrogen (secondary N) is 1. The van der Waals surface area contributed by atoms with Crippen LogP contribution in [0, 0.1) is 11.8 Å². The molecule has 1 saturated heterocycles. The van der Waals surface area contributed by atoms with Crippen LogP contribution in [0.3, 0.4) is 0 Å². The molecular formula is C16H30N2O. The molecule has 1 N–H and O–H groups in total. The van der Waals surface area contributed by atoms with Gasteiger partial charge in [-0.15, -0.1) is 0 Å². The fourth-order valence-electron chi connectivity index (χ4n) is 3.49. The molecule has 0 bridgehead atoms. The fraction of sp³-hybridized carbons (Fsp3) is 0.938. The normalized spacial score (nSPS) is 29.9. The van der Waals surface area contributed by atoms with Gasteiger partial charge < -0.3 is 4.90 Å². The van der Waals surface area contributed by atoms with Crippen LogP contribution >= 0.6 is 0 Å². The summed E-state index contributed by atoms with van der Waals surface area (Å²) >= 11 is 0. The summed E-state index contributed by atoms with van der Waals surface area (Å²) in [5.74, 6) is 1.66. The van der Waals surface area contributed by atoms with Crippen molar-refractivity contribution in [1.82, 2.24) is 10.2 Å². The minimum Gasteiger partial charge on any atom is -0.323 e. The molecule has 1 amide bonds. The van der Waals surface area contributed by atoms with Crippen molar-refractivity contribution in [3.05, 3.63) is 0 Å². The van der Waals surface area contributed by atoms with E-state index in [9.17, 15) is 4.79 Å². The molecule has 0 aromatic carbocycles. The Kier molecular flexibility index (Phi) is 4.88. The van der Waals surface area contributed by atoms with Gasteiger partial charge in [-0.1, -0.05) is 33.6 Å². The van der Waals surface area contributed by atoms with E-state index in [1.807, 2.05) is 0 Å². The van der Waals surface area contributed by atoms with Gasteiger partial charge in [0.15, 0.2) is 0 Å². The molecule has 3 atom stereocenters. The van der Waals surface area contributed by atoms with Gasteiger partial charge in [-0.2, -0.15) is 0 Å². The summed E-state index contributed by atoms with van der Waals surface area (Å²) in [6.07, 6.45) is 7.41. The molecule has 2 fully saturated rings. The van der Waals surface area contributed by atoms with E-state index in [4.69, 9.17) is 0 Å². The molecule has 1 saturated carbocycles. The Balaban J connectivity index is 2.05. The van der Waals surface area contributed by atoms with E-state index in [1.165, 1.54) is 19.3 Å². The molecule has 1 aliphatic carbocycles. The SMILES string of the molecule is CCCC1NC(CC(C)C)C(=O)N1C(C)C1CCC1. The van der Waals surface area contributed by atoms with Crippen LogP contribution in [-0.4, -0.2) is 29.1 Å². The van der Waals surface area contributed by atoms with Gasteiger partial charge in [-0.25, -0.2) is 0 Å². The molecule has 0 spiro atoms. The van der Waals surface area contributed by atoms with Gasteiger partial charge in [0, 0.05) is 6.04 Å². The third kappa shape index (κ3) is 3.13. The van der Waals surface area contributed by atoms with Crippen molar-refractivity contribution in [2.75, 3.05) is 0 Å². The highest BCUT2D eigenvalue weighted by molar-refractivity contribution is 5.84. The molecule has 2 aliphatic rings. The summed E-state index contributed by atoms with van der Waals surface area (Å²) in [6, 6.07) is 0.474. The summed E-state index contributed by atoms with van der Waals surface area (Å²) in [5.41, 5.74) is 0. The highest BCUT2D eigenvalue weighted by Crippen LogP contribution is 2.35. The lowest BCUT2D eigenvalue weighted by molar-refractivity contribution is -0.134. The maximum absolute atomic E-state index is 12.7. The summed E-state index contributed by atoms with van der Waals surface area (Å²) in [4.78, 5) is 14.9. The van der Waals surface area contributed by atoms with Crippen LogP contribution < -0.4 is 5.32 Å². The smallest absolute Gasteiger partial charge is 0.241 e. The quantitative estimate of drug-likeness (QED) is 0.801. The predicted octanol–water partition coefficient (Wildman–Crippen LogP) is 3.15. The summed E-state index contributed by atoms with van der Waals surface area (Å²) in [5, 5.41) is 3.58. The first-order valence-electron chi connectivity index (χ1n) is 8.12. The molecule has 1 aliphatic heterocycles. The predicted molar refractivity (Wildman–Crippen MR) is 78.7 cm³/mol. The average Bonchev–Trinajstić information content (AvgIpc) is 2.52. The molecule has 3 nitrogen and oxygen atoms in total. The molecular weight excluding hydrogens is 236 g/mol. The van der Waals surface area contributed by atoms with Crippen molar-refractivity contribution < 1.29 is 4.79 Å². The molecule has 3 unspecified atom stereocenters. The van der Waals surface area contributed by atoms with Gasteiger partial charge in [0.25, 0.3) is 0 Å². The van der Waals surface area contributed by atoms with Gasteiger partial charge in [-0.3, -0.25) is 10.1 Å². The standard InChI is InChI=1S/C16H30N2O/c1-5-7-15-17-14(10-11(2)3)16(19)18(15)12(4)13-8-6-9-13/h11-15,17H,5-10H2,1-4H3. The first kappa shape index (κ1) is 14.8. The van der Waals surface area contributed by atoms with E-state index >= 15 is 0 Å². The Morgan fingerprint density at radius 2 is 2.00 bits per heavy atom. The van der Waals surface area contributed by atoms with Crippen LogP contribution in [0.5, 0.6) is 0 Å². The number of hydrogen-bond acceptors (Lipinski definition) is 2. The zero-order valence-corrected chi connectivity index (χ0v) is 13.0. The van der Waals surface area contributed by atoms with E-state index in [1.54, 1.807) is 0 Å². The Morgan fingerprint density at radius 3 is 2.47 bits per heavy atom. The molecule has 2 rings (SSSR count). The minimum absolute atomic E-state index is 0.0547. The Morgan fingerprint density at radius 1 is 1.32 bits per heavy atom. The van der Waals surface area contributed by atoms with Crippen LogP contribution in [0.1, 0.15) is 66.2 Å². The molecule has 19 heavy (non-hydrogen) atoms. The first-order chi connectivity index (χ1) is 9.04. The van der Waals surface area contributed by atoms with Gasteiger partial charge in [0.2, 0.25) is 5.91 Å². The topological polar surface area (TPSA) is 32.3 Å². The second-order valence-corrected chi connectivity index (χ2v) is 6.83. The van der Waals surface area contributed by atoms with Gasteiger partial charge >= 0.3 is 0 Å². The Hall–Kier alpha value is -0.570. The largest absolute Gasteiger partial charge is 0.323 e. The Bertz CT molecular complexity index is 312. The number of amides is 1. The molecule has 0 radical (unpaired) electrons. The monoisotopic (exact) mass is 266 g/mol. The number of rotatable bonds is 6. The second-order valence-electron chi connectivity index (χ2n) is 6.83. The fourth-order valence-corrected chi connectivity index (χ4v) is 3.49. The van der Waals surface area contributed by atoms with E-state index in [-0.39, 0.29) is 12.2 Å². The number of carbonyl (C=O) groups excluding carboxylic acids is 1. The van der Waals surface area contributed by atoms with E-state index in [2.05, 4.69) is 37.9 Å². The highest BCUT2D eigenvalue weighted by Gasteiger charge is 2.43. The van der Waals surface area contributed by atoms with Crippen LogP contribution in [0.2, 0.25) is 0 Å². The van der Waals surface area contributed by atoms with Crippen molar-refractivity contribution in [2.45, 2.75) is 84.5 Å². The van der Waals surface area contributed by atoms with Crippen molar-refractivity contribution in [3.63, 3.8) is 0 Å². The third-order valence-electron chi connectivity index (χ3n) is 4.82. The van der Waals surface area contributed by atoms with Gasteiger partial charge in [-0.05, 0) is 44.4 Å². The van der Waals surface area contributed by atoms with Crippen molar-refractivity contribution in [2.24, 2.45) is 11.8 Å². The Labute approximate surface area is 118 Å². The maximum Gasteiger partial charge on any atom is 0.241 e. The zero-order valence-electron chi connectivity index (χ0n) is 13.0. The maximum atomic E-state index is 12.7.